The highest BCUT2D eigenvalue weighted by atomic mass is 16.7. The summed E-state index contributed by atoms with van der Waals surface area (Å²) in [5, 5.41) is 99.6. The van der Waals surface area contributed by atoms with Crippen LogP contribution in [0.2, 0.25) is 0 Å². The smallest absolute Gasteiger partial charge is 0.335 e. The second-order valence-corrected chi connectivity index (χ2v) is 10.1. The molecule has 0 bridgehead atoms. The highest BCUT2D eigenvalue weighted by molar-refractivity contribution is 5.86. The van der Waals surface area contributed by atoms with Crippen LogP contribution in [0.25, 0.3) is 22.3 Å². The molecule has 0 unspecified atom stereocenters. The van der Waals surface area contributed by atoms with Crippen LogP contribution in [0, 0.1) is 0 Å². The monoisotopic (exact) mass is 624 g/mol. The molecular formula is C27H28O17. The molecule has 238 valence electrons. The van der Waals surface area contributed by atoms with Gasteiger partial charge < -0.3 is 74.4 Å². The van der Waals surface area contributed by atoms with E-state index in [1.807, 2.05) is 0 Å². The molecule has 2 aliphatic heterocycles. The Morgan fingerprint density at radius 3 is 2.09 bits per heavy atom. The van der Waals surface area contributed by atoms with E-state index in [-0.39, 0.29) is 28.0 Å². The molecular weight excluding hydrogens is 596 g/mol. The molecule has 0 radical (unpaired) electrons. The van der Waals surface area contributed by atoms with Gasteiger partial charge in [-0.3, -0.25) is 4.79 Å². The molecule has 1 aromatic heterocycles. The van der Waals surface area contributed by atoms with E-state index in [2.05, 4.69) is 0 Å². The van der Waals surface area contributed by atoms with Gasteiger partial charge in [-0.1, -0.05) is 0 Å². The van der Waals surface area contributed by atoms with Gasteiger partial charge in [0.2, 0.25) is 12.6 Å². The van der Waals surface area contributed by atoms with Crippen molar-refractivity contribution in [3.8, 4) is 34.3 Å². The highest BCUT2D eigenvalue weighted by Crippen LogP contribution is 2.37. The number of carboxylic acid groups (broad SMARTS) is 1. The number of phenols is 2. The van der Waals surface area contributed by atoms with Gasteiger partial charge >= 0.3 is 5.97 Å². The number of ether oxygens (including phenoxy) is 4. The molecule has 3 aromatic rings. The molecule has 17 nitrogen and oxygen atoms in total. The fourth-order valence-electron chi connectivity index (χ4n) is 4.79. The Bertz CT molecular complexity index is 1590. The van der Waals surface area contributed by atoms with Gasteiger partial charge in [-0.25, -0.2) is 4.79 Å². The normalized spacial score (nSPS) is 32.3. The molecule has 17 heteroatoms. The van der Waals surface area contributed by atoms with Crippen LogP contribution in [0.3, 0.4) is 0 Å². The summed E-state index contributed by atoms with van der Waals surface area (Å²) >= 11 is 0. The van der Waals surface area contributed by atoms with Gasteiger partial charge in [0.15, 0.2) is 23.0 Å². The number of fused-ring (bicyclic) bond motifs is 1. The van der Waals surface area contributed by atoms with Crippen LogP contribution in [-0.2, 0) is 14.3 Å². The van der Waals surface area contributed by atoms with E-state index >= 15 is 0 Å². The molecule has 0 saturated carbocycles. The first-order chi connectivity index (χ1) is 20.8. The number of carboxylic acids is 1. The number of aliphatic hydroxyl groups excluding tert-OH is 7. The highest BCUT2D eigenvalue weighted by Gasteiger charge is 2.48. The van der Waals surface area contributed by atoms with Gasteiger partial charge in [0.1, 0.15) is 71.0 Å². The van der Waals surface area contributed by atoms with Crippen LogP contribution in [-0.4, -0.2) is 125 Å². The Morgan fingerprint density at radius 1 is 0.773 bits per heavy atom. The van der Waals surface area contributed by atoms with E-state index in [1.54, 1.807) is 0 Å². The Kier molecular flexibility index (Phi) is 8.67. The largest absolute Gasteiger partial charge is 0.507 e. The zero-order valence-electron chi connectivity index (χ0n) is 22.3. The number of hydrogen-bond donors (Lipinski definition) is 10. The third-order valence-corrected chi connectivity index (χ3v) is 7.18. The van der Waals surface area contributed by atoms with Crippen LogP contribution in [0.1, 0.15) is 0 Å². The maximum atomic E-state index is 12.9. The van der Waals surface area contributed by atoms with Crippen molar-refractivity contribution in [1.82, 2.24) is 0 Å². The van der Waals surface area contributed by atoms with E-state index in [0.29, 0.717) is 0 Å². The molecule has 2 aromatic carbocycles. The van der Waals surface area contributed by atoms with Gasteiger partial charge in [0.05, 0.1) is 6.61 Å². The minimum atomic E-state index is -1.97. The molecule has 2 saturated heterocycles. The van der Waals surface area contributed by atoms with E-state index in [1.165, 1.54) is 6.07 Å². The van der Waals surface area contributed by atoms with Crippen LogP contribution in [0.5, 0.6) is 23.0 Å². The lowest BCUT2D eigenvalue weighted by atomic mass is 9.99. The lowest BCUT2D eigenvalue weighted by Gasteiger charge is -2.39. The zero-order valence-corrected chi connectivity index (χ0v) is 22.3. The van der Waals surface area contributed by atoms with Crippen molar-refractivity contribution in [3.63, 3.8) is 0 Å². The summed E-state index contributed by atoms with van der Waals surface area (Å²) < 4.78 is 27.1. The summed E-state index contributed by atoms with van der Waals surface area (Å²) in [7, 11) is 0. The molecule has 10 atom stereocenters. The second-order valence-electron chi connectivity index (χ2n) is 10.1. The van der Waals surface area contributed by atoms with Gasteiger partial charge in [-0.2, -0.15) is 0 Å². The third kappa shape index (κ3) is 5.75. The van der Waals surface area contributed by atoms with E-state index in [0.717, 1.165) is 30.3 Å². The fraction of sp³-hybridized carbons (Fsp3) is 0.407. The van der Waals surface area contributed by atoms with Crippen molar-refractivity contribution in [2.75, 3.05) is 6.61 Å². The summed E-state index contributed by atoms with van der Waals surface area (Å²) in [4.78, 5) is 24.3. The number of aromatic hydroxyl groups is 2. The molecule has 2 fully saturated rings. The van der Waals surface area contributed by atoms with Crippen molar-refractivity contribution in [3.05, 3.63) is 46.6 Å². The van der Waals surface area contributed by atoms with Crippen LogP contribution < -0.4 is 14.9 Å². The van der Waals surface area contributed by atoms with Crippen molar-refractivity contribution in [2.45, 2.75) is 61.4 Å². The summed E-state index contributed by atoms with van der Waals surface area (Å²) in [5.74, 6) is -3.50. The predicted molar refractivity (Wildman–Crippen MR) is 141 cm³/mol. The topological polar surface area (TPSA) is 286 Å². The number of aliphatic hydroxyl groups is 7. The number of carbonyl (C=O) groups is 1. The maximum absolute atomic E-state index is 12.9. The Labute approximate surface area is 245 Å². The standard InChI is InChI=1S/C27H28O17/c28-7-16-18(32)19(33)22(36)26(43-16)40-9-4-11(30)17-12(31)6-13(41-15(17)5-9)8-1-2-10(29)14(3-8)42-27-23(37)20(34)21(35)24(44-27)25(38)39/h1-6,16,18-24,26-30,32-37H,7H2,(H,38,39)/t16-,18-,19+,20+,21+,22-,23-,24+,26-,27-/m1/s1. The number of aliphatic carboxylic acids is 1. The van der Waals surface area contributed by atoms with Crippen LogP contribution in [0.4, 0.5) is 0 Å². The first-order valence-corrected chi connectivity index (χ1v) is 13.0. The van der Waals surface area contributed by atoms with Crippen molar-refractivity contribution < 1.29 is 79.2 Å². The van der Waals surface area contributed by atoms with E-state index < -0.39 is 96.7 Å². The van der Waals surface area contributed by atoms with Gasteiger partial charge in [-0.15, -0.1) is 0 Å². The molecule has 3 heterocycles. The minimum Gasteiger partial charge on any atom is -0.507 e. The van der Waals surface area contributed by atoms with Crippen molar-refractivity contribution >= 4 is 16.9 Å². The first kappa shape index (κ1) is 31.4. The Balaban J connectivity index is 1.45. The molecule has 44 heavy (non-hydrogen) atoms. The summed E-state index contributed by atoms with van der Waals surface area (Å²) in [6.07, 6.45) is -17.7. The van der Waals surface area contributed by atoms with E-state index in [9.17, 15) is 60.7 Å². The molecule has 0 amide bonds. The van der Waals surface area contributed by atoms with Crippen molar-refractivity contribution in [2.24, 2.45) is 0 Å². The lowest BCUT2D eigenvalue weighted by molar-refractivity contribution is -0.277. The number of benzene rings is 2. The molecule has 10 N–H and O–H groups in total. The average molecular weight is 625 g/mol. The number of phenolic OH excluding ortho intramolecular Hbond substituents is 2. The van der Waals surface area contributed by atoms with Crippen LogP contribution >= 0.6 is 0 Å². The average Bonchev–Trinajstić information content (AvgIpc) is 2.98. The summed E-state index contributed by atoms with van der Waals surface area (Å²) in [6.45, 7) is -0.709. The molecule has 0 spiro atoms. The first-order valence-electron chi connectivity index (χ1n) is 13.0. The van der Waals surface area contributed by atoms with Gasteiger partial charge in [-0.05, 0) is 18.2 Å². The predicted octanol–water partition coefficient (Wildman–Crippen LogP) is -2.68. The fourth-order valence-corrected chi connectivity index (χ4v) is 4.79. The minimum absolute atomic E-state index is 0.0946. The summed E-state index contributed by atoms with van der Waals surface area (Å²) in [5.41, 5.74) is -0.853. The molecule has 2 aliphatic rings. The lowest BCUT2D eigenvalue weighted by Crippen LogP contribution is -2.61. The van der Waals surface area contributed by atoms with E-state index in [4.69, 9.17) is 23.4 Å². The van der Waals surface area contributed by atoms with Gasteiger partial charge in [0.25, 0.3) is 0 Å². The van der Waals surface area contributed by atoms with Crippen molar-refractivity contribution in [1.29, 1.82) is 0 Å². The quantitative estimate of drug-likeness (QED) is 0.128. The summed E-state index contributed by atoms with van der Waals surface area (Å²) in [6, 6.07) is 6.72. The third-order valence-electron chi connectivity index (χ3n) is 7.18. The zero-order chi connectivity index (χ0) is 32.0. The number of hydrogen-bond acceptors (Lipinski definition) is 16. The molecule has 5 rings (SSSR count). The molecule has 0 aliphatic carbocycles. The second kappa shape index (κ2) is 12.2. The maximum Gasteiger partial charge on any atom is 0.335 e. The number of rotatable bonds is 7. The van der Waals surface area contributed by atoms with Gasteiger partial charge in [0, 0.05) is 23.8 Å². The Hall–Kier alpha value is -4.04. The SMILES string of the molecule is O=C(O)[C@H]1O[C@@H](Oc2cc(-c3cc(=O)c4c(O)cc(O[C@@H]5O[C@H](CO)[C@@H](O)[C@H](O)[C@H]5O)cc4o3)ccc2O)[C@H](O)[C@@H](O)[C@@H]1O. The Morgan fingerprint density at radius 2 is 1.43 bits per heavy atom. The van der Waals surface area contributed by atoms with Crippen LogP contribution in [0.15, 0.2) is 45.6 Å².